The summed E-state index contributed by atoms with van der Waals surface area (Å²) in [6, 6.07) is 10.0. The summed E-state index contributed by atoms with van der Waals surface area (Å²) in [5, 5.41) is 3.31. The highest BCUT2D eigenvalue weighted by atomic mass is 16.5. The molecule has 2 rings (SSSR count). The highest BCUT2D eigenvalue weighted by Gasteiger charge is 2.17. The zero-order valence-electron chi connectivity index (χ0n) is 12.3. The Hall–Kier alpha value is -1.65. The van der Waals surface area contributed by atoms with Crippen LogP contribution in [0.1, 0.15) is 37.2 Å². The zero-order valence-corrected chi connectivity index (χ0v) is 12.3. The van der Waals surface area contributed by atoms with Crippen LogP contribution in [0.25, 0.3) is 0 Å². The van der Waals surface area contributed by atoms with Gasteiger partial charge in [-0.3, -0.25) is 0 Å². The minimum atomic E-state index is -0.206. The summed E-state index contributed by atoms with van der Waals surface area (Å²) < 4.78 is 11.3. The summed E-state index contributed by atoms with van der Waals surface area (Å²) in [6.45, 7) is 5.93. The number of hydrogen-bond donors (Lipinski definition) is 1. The van der Waals surface area contributed by atoms with E-state index in [1.54, 1.807) is 13.3 Å². The van der Waals surface area contributed by atoms with Crippen LogP contribution in [-0.4, -0.2) is 18.6 Å². The second kappa shape index (κ2) is 7.22. The second-order valence-corrected chi connectivity index (χ2v) is 5.21. The lowest BCUT2D eigenvalue weighted by atomic mass is 10.1. The number of aromatic nitrogens is 1. The number of benzene rings is 1. The maximum Gasteiger partial charge on any atom is 0.208 e. The van der Waals surface area contributed by atoms with Gasteiger partial charge in [-0.1, -0.05) is 44.2 Å². The fourth-order valence-electron chi connectivity index (χ4n) is 2.04. The molecular formula is C16H22N2O2. The molecule has 1 aromatic heterocycles. The Bertz CT molecular complexity index is 508. The van der Waals surface area contributed by atoms with Crippen molar-refractivity contribution >= 4 is 0 Å². The van der Waals surface area contributed by atoms with E-state index in [9.17, 15) is 0 Å². The van der Waals surface area contributed by atoms with Crippen LogP contribution in [0.15, 0.2) is 40.9 Å². The van der Waals surface area contributed by atoms with E-state index in [2.05, 4.69) is 24.1 Å². The molecule has 0 saturated heterocycles. The normalized spacial score (nSPS) is 12.8. The van der Waals surface area contributed by atoms with Gasteiger partial charge < -0.3 is 14.5 Å². The van der Waals surface area contributed by atoms with Crippen LogP contribution >= 0.6 is 0 Å². The van der Waals surface area contributed by atoms with Crippen LogP contribution in [0.5, 0.6) is 0 Å². The first-order valence-electron chi connectivity index (χ1n) is 6.93. The van der Waals surface area contributed by atoms with Gasteiger partial charge in [-0.25, -0.2) is 4.98 Å². The van der Waals surface area contributed by atoms with Gasteiger partial charge in [0.25, 0.3) is 0 Å². The molecule has 108 valence electrons. The molecule has 4 nitrogen and oxygen atoms in total. The van der Waals surface area contributed by atoms with Gasteiger partial charge in [0, 0.05) is 7.11 Å². The lowest BCUT2D eigenvalue weighted by molar-refractivity contribution is 0.115. The predicted molar refractivity (Wildman–Crippen MR) is 78.3 cm³/mol. The van der Waals surface area contributed by atoms with Crippen molar-refractivity contribution in [1.82, 2.24) is 10.3 Å². The summed E-state index contributed by atoms with van der Waals surface area (Å²) >= 11 is 0. The third-order valence-corrected chi connectivity index (χ3v) is 3.00. The van der Waals surface area contributed by atoms with Crippen LogP contribution in [0.2, 0.25) is 0 Å². The fraction of sp³-hybridized carbons (Fsp3) is 0.438. The summed E-state index contributed by atoms with van der Waals surface area (Å²) in [5.41, 5.74) is 1.06. The van der Waals surface area contributed by atoms with Gasteiger partial charge in [0.2, 0.25) is 5.89 Å². The highest BCUT2D eigenvalue weighted by molar-refractivity contribution is 5.23. The molecule has 1 atom stereocenters. The molecule has 1 aromatic carbocycles. The van der Waals surface area contributed by atoms with E-state index in [4.69, 9.17) is 9.15 Å². The maximum absolute atomic E-state index is 5.77. The molecule has 0 fully saturated rings. The third-order valence-electron chi connectivity index (χ3n) is 3.00. The van der Waals surface area contributed by atoms with Crippen LogP contribution in [0.3, 0.4) is 0 Å². The molecule has 0 aliphatic rings. The molecule has 0 aliphatic carbocycles. The number of nitrogens with zero attached hydrogens (tertiary/aromatic N) is 1. The molecule has 0 bridgehead atoms. The number of oxazole rings is 1. The summed E-state index contributed by atoms with van der Waals surface area (Å²) in [4.78, 5) is 4.30. The van der Waals surface area contributed by atoms with Crippen LogP contribution in [0.4, 0.5) is 0 Å². The largest absolute Gasteiger partial charge is 0.441 e. The standard InChI is InChI=1S/C16H22N2O2/c1-12(2)9-17-11-15-18-10-14(20-15)16(19-3)13-7-5-4-6-8-13/h4-8,10,12,16-17H,9,11H2,1-3H3. The monoisotopic (exact) mass is 274 g/mol. The SMILES string of the molecule is COC(c1ccccc1)c1cnc(CNCC(C)C)o1. The second-order valence-electron chi connectivity index (χ2n) is 5.21. The van der Waals surface area contributed by atoms with Gasteiger partial charge in [-0.2, -0.15) is 0 Å². The third kappa shape index (κ3) is 3.92. The van der Waals surface area contributed by atoms with Gasteiger partial charge in [-0.15, -0.1) is 0 Å². The Morgan fingerprint density at radius 2 is 2.00 bits per heavy atom. The Morgan fingerprint density at radius 3 is 2.65 bits per heavy atom. The van der Waals surface area contributed by atoms with Gasteiger partial charge >= 0.3 is 0 Å². The van der Waals surface area contributed by atoms with Crippen molar-refractivity contribution in [2.75, 3.05) is 13.7 Å². The molecule has 1 N–H and O–H groups in total. The van der Waals surface area contributed by atoms with E-state index >= 15 is 0 Å². The van der Waals surface area contributed by atoms with Crippen molar-refractivity contribution in [3.63, 3.8) is 0 Å². The van der Waals surface area contributed by atoms with E-state index in [0.29, 0.717) is 18.4 Å². The lowest BCUT2D eigenvalue weighted by Crippen LogP contribution is -2.19. The number of hydrogen-bond acceptors (Lipinski definition) is 4. The highest BCUT2D eigenvalue weighted by Crippen LogP contribution is 2.25. The van der Waals surface area contributed by atoms with Crippen molar-refractivity contribution in [3.8, 4) is 0 Å². The average Bonchev–Trinajstić information content (AvgIpc) is 2.89. The van der Waals surface area contributed by atoms with Crippen LogP contribution in [-0.2, 0) is 11.3 Å². The molecular weight excluding hydrogens is 252 g/mol. The minimum Gasteiger partial charge on any atom is -0.441 e. The fourth-order valence-corrected chi connectivity index (χ4v) is 2.04. The summed E-state index contributed by atoms with van der Waals surface area (Å²) in [5.74, 6) is 2.04. The minimum absolute atomic E-state index is 0.206. The van der Waals surface area contributed by atoms with Gasteiger partial charge in [0.05, 0.1) is 12.7 Å². The van der Waals surface area contributed by atoms with E-state index in [0.717, 1.165) is 17.9 Å². The number of rotatable bonds is 7. The van der Waals surface area contributed by atoms with Gasteiger partial charge in [0.1, 0.15) is 6.10 Å². The van der Waals surface area contributed by atoms with Crippen molar-refractivity contribution < 1.29 is 9.15 Å². The topological polar surface area (TPSA) is 47.3 Å². The Morgan fingerprint density at radius 1 is 1.25 bits per heavy atom. The van der Waals surface area contributed by atoms with Crippen molar-refractivity contribution in [2.45, 2.75) is 26.5 Å². The van der Waals surface area contributed by atoms with Crippen LogP contribution in [0, 0.1) is 5.92 Å². The van der Waals surface area contributed by atoms with E-state index in [1.165, 1.54) is 0 Å². The molecule has 20 heavy (non-hydrogen) atoms. The van der Waals surface area contributed by atoms with Crippen molar-refractivity contribution in [2.24, 2.45) is 5.92 Å². The zero-order chi connectivity index (χ0) is 14.4. The molecule has 1 heterocycles. The van der Waals surface area contributed by atoms with Gasteiger partial charge in [0.15, 0.2) is 5.76 Å². The maximum atomic E-state index is 5.77. The van der Waals surface area contributed by atoms with Crippen LogP contribution < -0.4 is 5.32 Å². The molecule has 0 spiro atoms. The molecule has 2 aromatic rings. The molecule has 0 aliphatic heterocycles. The average molecular weight is 274 g/mol. The van der Waals surface area contributed by atoms with E-state index < -0.39 is 0 Å². The first kappa shape index (κ1) is 14.8. The molecule has 4 heteroatoms. The molecule has 1 unspecified atom stereocenters. The number of ether oxygens (including phenoxy) is 1. The first-order chi connectivity index (χ1) is 9.70. The van der Waals surface area contributed by atoms with Gasteiger partial charge in [-0.05, 0) is 18.0 Å². The lowest BCUT2D eigenvalue weighted by Gasteiger charge is -2.12. The van der Waals surface area contributed by atoms with Crippen molar-refractivity contribution in [3.05, 3.63) is 53.7 Å². The summed E-state index contributed by atoms with van der Waals surface area (Å²) in [6.07, 6.45) is 1.54. The Labute approximate surface area is 120 Å². The van der Waals surface area contributed by atoms with E-state index in [1.807, 2.05) is 30.3 Å². The summed E-state index contributed by atoms with van der Waals surface area (Å²) in [7, 11) is 1.68. The molecule has 0 saturated carbocycles. The first-order valence-corrected chi connectivity index (χ1v) is 6.93. The van der Waals surface area contributed by atoms with E-state index in [-0.39, 0.29) is 6.10 Å². The number of methoxy groups -OCH3 is 1. The smallest absolute Gasteiger partial charge is 0.208 e. The number of nitrogens with one attached hydrogen (secondary N) is 1. The Balaban J connectivity index is 2.03. The Kier molecular flexibility index (Phi) is 5.32. The quantitative estimate of drug-likeness (QED) is 0.842. The molecule has 0 amide bonds. The predicted octanol–water partition coefficient (Wildman–Crippen LogP) is 3.16. The van der Waals surface area contributed by atoms with Crippen molar-refractivity contribution in [1.29, 1.82) is 0 Å². The molecule has 0 radical (unpaired) electrons.